The molecule has 1 N–H and O–H groups in total. The maximum Gasteiger partial charge on any atom is 0.346 e. The SMILES string of the molecule is O=C1COC(=O)/C1=C(O)\C=C\c1ccco1. The number of esters is 1. The Labute approximate surface area is 90.6 Å². The lowest BCUT2D eigenvalue weighted by atomic mass is 10.1. The van der Waals surface area contributed by atoms with Gasteiger partial charge < -0.3 is 14.3 Å². The van der Waals surface area contributed by atoms with Crippen molar-refractivity contribution in [3.05, 3.63) is 41.6 Å². The highest BCUT2D eigenvalue weighted by Gasteiger charge is 2.31. The summed E-state index contributed by atoms with van der Waals surface area (Å²) >= 11 is 0. The highest BCUT2D eigenvalue weighted by molar-refractivity contribution is 6.22. The summed E-state index contributed by atoms with van der Waals surface area (Å²) in [6, 6.07) is 3.35. The van der Waals surface area contributed by atoms with Crippen molar-refractivity contribution in [2.24, 2.45) is 0 Å². The molecule has 1 aliphatic rings. The summed E-state index contributed by atoms with van der Waals surface area (Å²) in [6.45, 7) is -0.313. The molecule has 0 atom stereocenters. The van der Waals surface area contributed by atoms with Crippen LogP contribution in [-0.4, -0.2) is 23.5 Å². The van der Waals surface area contributed by atoms with Crippen molar-refractivity contribution >= 4 is 17.8 Å². The molecule has 0 saturated carbocycles. The number of ether oxygens (including phenoxy) is 1. The van der Waals surface area contributed by atoms with Crippen molar-refractivity contribution < 1.29 is 23.8 Å². The Morgan fingerprint density at radius 1 is 1.44 bits per heavy atom. The van der Waals surface area contributed by atoms with Crippen molar-refractivity contribution in [3.63, 3.8) is 0 Å². The third-order valence-corrected chi connectivity index (χ3v) is 2.02. The Morgan fingerprint density at radius 3 is 2.81 bits per heavy atom. The van der Waals surface area contributed by atoms with Gasteiger partial charge in [-0.15, -0.1) is 0 Å². The molecule has 1 aliphatic heterocycles. The number of aliphatic hydroxyl groups excluding tert-OH is 1. The summed E-state index contributed by atoms with van der Waals surface area (Å²) in [5.74, 6) is -1.23. The van der Waals surface area contributed by atoms with Crippen molar-refractivity contribution in [2.45, 2.75) is 0 Å². The highest BCUT2D eigenvalue weighted by Crippen LogP contribution is 2.15. The molecule has 0 bridgehead atoms. The van der Waals surface area contributed by atoms with Crippen molar-refractivity contribution in [3.8, 4) is 0 Å². The number of furan rings is 1. The number of carbonyl (C=O) groups is 2. The zero-order valence-electron chi connectivity index (χ0n) is 8.17. The van der Waals surface area contributed by atoms with Crippen molar-refractivity contribution in [2.75, 3.05) is 6.61 Å². The van der Waals surface area contributed by atoms with Crippen LogP contribution in [0.3, 0.4) is 0 Å². The summed E-state index contributed by atoms with van der Waals surface area (Å²) in [7, 11) is 0. The minimum atomic E-state index is -0.799. The van der Waals surface area contributed by atoms with E-state index in [4.69, 9.17) is 4.42 Å². The Balaban J connectivity index is 2.24. The lowest BCUT2D eigenvalue weighted by Gasteiger charge is -1.93. The number of carbonyl (C=O) groups excluding carboxylic acids is 2. The molecule has 0 amide bonds. The van der Waals surface area contributed by atoms with Crippen LogP contribution >= 0.6 is 0 Å². The zero-order chi connectivity index (χ0) is 11.5. The van der Waals surface area contributed by atoms with Gasteiger partial charge in [0.25, 0.3) is 0 Å². The Hall–Kier alpha value is -2.30. The van der Waals surface area contributed by atoms with E-state index < -0.39 is 17.5 Å². The van der Waals surface area contributed by atoms with Gasteiger partial charge in [0.05, 0.1) is 6.26 Å². The number of rotatable bonds is 2. The largest absolute Gasteiger partial charge is 0.507 e. The van der Waals surface area contributed by atoms with Crippen LogP contribution in [-0.2, 0) is 14.3 Å². The third-order valence-electron chi connectivity index (χ3n) is 2.02. The average molecular weight is 220 g/mol. The molecule has 1 saturated heterocycles. The van der Waals surface area contributed by atoms with Gasteiger partial charge in [-0.1, -0.05) is 0 Å². The van der Waals surface area contributed by atoms with Crippen LogP contribution in [0.4, 0.5) is 0 Å². The van der Waals surface area contributed by atoms with E-state index in [0.717, 1.165) is 0 Å². The molecule has 1 fully saturated rings. The van der Waals surface area contributed by atoms with Crippen LogP contribution < -0.4 is 0 Å². The first-order valence-corrected chi connectivity index (χ1v) is 4.53. The number of allylic oxidation sites excluding steroid dienone is 1. The maximum atomic E-state index is 11.2. The average Bonchev–Trinajstić information content (AvgIpc) is 2.86. The molecular weight excluding hydrogens is 212 g/mol. The number of aliphatic hydroxyl groups is 1. The van der Waals surface area contributed by atoms with E-state index in [2.05, 4.69) is 4.74 Å². The van der Waals surface area contributed by atoms with Gasteiger partial charge in [0, 0.05) is 0 Å². The van der Waals surface area contributed by atoms with Gasteiger partial charge in [-0.3, -0.25) is 4.79 Å². The van der Waals surface area contributed by atoms with Crippen LogP contribution in [0.2, 0.25) is 0 Å². The minimum absolute atomic E-state index is 0.313. The summed E-state index contributed by atoms with van der Waals surface area (Å²) in [5, 5.41) is 9.52. The van der Waals surface area contributed by atoms with Gasteiger partial charge in [-0.05, 0) is 24.3 Å². The monoisotopic (exact) mass is 220 g/mol. The quantitative estimate of drug-likeness (QED) is 0.351. The summed E-state index contributed by atoms with van der Waals surface area (Å²) in [4.78, 5) is 22.2. The number of ketones is 1. The second kappa shape index (κ2) is 4.06. The molecule has 0 aliphatic carbocycles. The van der Waals surface area contributed by atoms with E-state index in [-0.39, 0.29) is 12.2 Å². The standard InChI is InChI=1S/C11H8O5/c12-8(4-3-7-2-1-5-15-7)10-9(13)6-16-11(10)14/h1-5,12H,6H2/b4-3+,10-8+. The molecule has 0 radical (unpaired) electrons. The van der Waals surface area contributed by atoms with E-state index in [0.29, 0.717) is 5.76 Å². The molecule has 16 heavy (non-hydrogen) atoms. The summed E-state index contributed by atoms with van der Waals surface area (Å²) in [5.41, 5.74) is -0.317. The zero-order valence-corrected chi connectivity index (χ0v) is 8.17. The highest BCUT2D eigenvalue weighted by atomic mass is 16.5. The first kappa shape index (κ1) is 10.2. The normalized spacial score (nSPS) is 19.2. The van der Waals surface area contributed by atoms with Crippen LogP contribution in [0.25, 0.3) is 6.08 Å². The van der Waals surface area contributed by atoms with Gasteiger partial charge in [-0.25, -0.2) is 4.79 Å². The molecule has 1 aromatic rings. The predicted octanol–water partition coefficient (Wildman–Crippen LogP) is 1.23. The second-order valence-electron chi connectivity index (χ2n) is 3.11. The van der Waals surface area contributed by atoms with Crippen molar-refractivity contribution in [1.82, 2.24) is 0 Å². The van der Waals surface area contributed by atoms with Gasteiger partial charge in [-0.2, -0.15) is 0 Å². The van der Waals surface area contributed by atoms with Gasteiger partial charge >= 0.3 is 5.97 Å². The Bertz CT molecular complexity index is 460. The molecule has 1 aromatic heterocycles. The van der Waals surface area contributed by atoms with Crippen LogP contribution in [0.1, 0.15) is 5.76 Å². The van der Waals surface area contributed by atoms with E-state index in [1.54, 1.807) is 12.1 Å². The van der Waals surface area contributed by atoms with Gasteiger partial charge in [0.1, 0.15) is 17.1 Å². The lowest BCUT2D eigenvalue weighted by Crippen LogP contribution is -2.04. The fourth-order valence-electron chi connectivity index (χ4n) is 1.27. The molecule has 82 valence electrons. The van der Waals surface area contributed by atoms with Crippen molar-refractivity contribution in [1.29, 1.82) is 0 Å². The fourth-order valence-corrected chi connectivity index (χ4v) is 1.27. The molecule has 2 rings (SSSR count). The number of hydrogen-bond donors (Lipinski definition) is 1. The lowest BCUT2D eigenvalue weighted by molar-refractivity contribution is -0.135. The first-order chi connectivity index (χ1) is 7.68. The summed E-state index contributed by atoms with van der Waals surface area (Å²) in [6.07, 6.45) is 4.14. The Kier molecular flexibility index (Phi) is 2.59. The molecule has 0 aromatic carbocycles. The number of cyclic esters (lactones) is 1. The van der Waals surface area contributed by atoms with E-state index >= 15 is 0 Å². The topological polar surface area (TPSA) is 76.7 Å². The minimum Gasteiger partial charge on any atom is -0.507 e. The molecule has 0 unspecified atom stereocenters. The first-order valence-electron chi connectivity index (χ1n) is 4.53. The fraction of sp³-hybridized carbons (Fsp3) is 0.0909. The maximum absolute atomic E-state index is 11.2. The molecule has 2 heterocycles. The van der Waals surface area contributed by atoms with E-state index in [9.17, 15) is 14.7 Å². The van der Waals surface area contributed by atoms with Gasteiger partial charge in [0.15, 0.2) is 6.61 Å². The molecule has 5 nitrogen and oxygen atoms in total. The smallest absolute Gasteiger partial charge is 0.346 e. The van der Waals surface area contributed by atoms with Crippen LogP contribution in [0.15, 0.2) is 40.2 Å². The third kappa shape index (κ3) is 1.88. The van der Waals surface area contributed by atoms with E-state index in [1.165, 1.54) is 18.4 Å². The molecule has 5 heteroatoms. The predicted molar refractivity (Wildman–Crippen MR) is 53.4 cm³/mol. The number of hydrogen-bond acceptors (Lipinski definition) is 5. The summed E-state index contributed by atoms with van der Waals surface area (Å²) < 4.78 is 9.45. The van der Waals surface area contributed by atoms with E-state index in [1.807, 2.05) is 0 Å². The second-order valence-corrected chi connectivity index (χ2v) is 3.11. The van der Waals surface area contributed by atoms with Crippen LogP contribution in [0.5, 0.6) is 0 Å². The molecular formula is C11H8O5. The van der Waals surface area contributed by atoms with Crippen LogP contribution in [0, 0.1) is 0 Å². The Morgan fingerprint density at radius 2 is 2.25 bits per heavy atom. The van der Waals surface area contributed by atoms with Gasteiger partial charge in [0.2, 0.25) is 5.78 Å². The number of Topliss-reactive ketones (excluding diaryl/α,β-unsaturated/α-hetero) is 1. The molecule has 0 spiro atoms.